The van der Waals surface area contributed by atoms with Gasteiger partial charge < -0.3 is 14.2 Å². The standard InChI is InChI=1S/C27H20IN3O6/c1-35-20-9-7-19(8-10-20)31-26(33)21(25(32)30-27(31)34)11-16-12-22(28)24(23(13-16)36-2)37-15-18-6-4-3-5-17(18)14-29/h3-13H,15H2,1-2H3,(H,30,32,34)/b21-11+. The third-order valence-electron chi connectivity index (χ3n) is 5.50. The summed E-state index contributed by atoms with van der Waals surface area (Å²) < 4.78 is 17.2. The fourth-order valence-corrected chi connectivity index (χ4v) is 4.44. The first-order chi connectivity index (χ1) is 17.9. The van der Waals surface area contributed by atoms with E-state index in [0.29, 0.717) is 31.9 Å². The molecule has 0 spiro atoms. The number of benzene rings is 3. The largest absolute Gasteiger partial charge is 0.497 e. The van der Waals surface area contributed by atoms with Gasteiger partial charge in [0.25, 0.3) is 11.8 Å². The van der Waals surface area contributed by atoms with E-state index >= 15 is 0 Å². The van der Waals surface area contributed by atoms with Crippen LogP contribution < -0.4 is 24.4 Å². The van der Waals surface area contributed by atoms with Gasteiger partial charge in [-0.05, 0) is 76.7 Å². The normalized spacial score (nSPS) is 14.3. The zero-order valence-corrected chi connectivity index (χ0v) is 21.9. The van der Waals surface area contributed by atoms with Crippen molar-refractivity contribution in [3.05, 3.63) is 86.5 Å². The van der Waals surface area contributed by atoms with Gasteiger partial charge in [0.2, 0.25) is 0 Å². The van der Waals surface area contributed by atoms with Crippen molar-refractivity contribution in [1.82, 2.24) is 5.32 Å². The molecule has 0 atom stereocenters. The number of rotatable bonds is 7. The maximum atomic E-state index is 13.2. The molecule has 1 aliphatic heterocycles. The number of amides is 4. The highest BCUT2D eigenvalue weighted by atomic mass is 127. The lowest BCUT2D eigenvalue weighted by atomic mass is 10.1. The molecule has 4 amide bonds. The van der Waals surface area contributed by atoms with E-state index in [9.17, 15) is 19.6 Å². The summed E-state index contributed by atoms with van der Waals surface area (Å²) in [5, 5.41) is 11.5. The van der Waals surface area contributed by atoms with Crippen molar-refractivity contribution in [1.29, 1.82) is 5.26 Å². The maximum absolute atomic E-state index is 13.2. The minimum absolute atomic E-state index is 0.149. The Bertz CT molecular complexity index is 1460. The lowest BCUT2D eigenvalue weighted by molar-refractivity contribution is -0.122. The van der Waals surface area contributed by atoms with Crippen LogP contribution in [0.15, 0.2) is 66.2 Å². The molecule has 1 aliphatic rings. The average Bonchev–Trinajstić information content (AvgIpc) is 2.90. The van der Waals surface area contributed by atoms with Crippen LogP contribution in [0, 0.1) is 14.9 Å². The third-order valence-corrected chi connectivity index (χ3v) is 6.31. The van der Waals surface area contributed by atoms with Crippen molar-refractivity contribution < 1.29 is 28.6 Å². The molecule has 9 nitrogen and oxygen atoms in total. The van der Waals surface area contributed by atoms with Crippen molar-refractivity contribution in [2.45, 2.75) is 6.61 Å². The van der Waals surface area contributed by atoms with Crippen molar-refractivity contribution in [3.8, 4) is 23.3 Å². The molecule has 37 heavy (non-hydrogen) atoms. The Kier molecular flexibility index (Phi) is 7.74. The van der Waals surface area contributed by atoms with E-state index < -0.39 is 17.8 Å². The van der Waals surface area contributed by atoms with Gasteiger partial charge in [0.05, 0.1) is 35.1 Å². The smallest absolute Gasteiger partial charge is 0.335 e. The van der Waals surface area contributed by atoms with E-state index in [4.69, 9.17) is 14.2 Å². The number of barbiturate groups is 1. The summed E-state index contributed by atoms with van der Waals surface area (Å²) in [7, 11) is 2.98. The van der Waals surface area contributed by atoms with Crippen molar-refractivity contribution in [3.63, 3.8) is 0 Å². The first-order valence-electron chi connectivity index (χ1n) is 10.9. The Labute approximate surface area is 226 Å². The first-order valence-corrected chi connectivity index (χ1v) is 12.0. The van der Waals surface area contributed by atoms with Gasteiger partial charge in [-0.3, -0.25) is 14.9 Å². The molecule has 3 aromatic rings. The number of nitriles is 1. The van der Waals surface area contributed by atoms with Gasteiger partial charge in [-0.25, -0.2) is 9.69 Å². The van der Waals surface area contributed by atoms with Crippen LogP contribution in [0.4, 0.5) is 10.5 Å². The van der Waals surface area contributed by atoms with E-state index in [1.807, 2.05) is 6.07 Å². The third kappa shape index (κ3) is 5.41. The maximum Gasteiger partial charge on any atom is 0.335 e. The number of carbonyl (C=O) groups is 3. The molecule has 0 bridgehead atoms. The van der Waals surface area contributed by atoms with Gasteiger partial charge in [0.15, 0.2) is 11.5 Å². The fourth-order valence-electron chi connectivity index (χ4n) is 3.66. The summed E-state index contributed by atoms with van der Waals surface area (Å²) in [4.78, 5) is 39.1. The molecule has 0 saturated carbocycles. The Morgan fingerprint density at radius 3 is 2.43 bits per heavy atom. The quantitative estimate of drug-likeness (QED) is 0.239. The number of imide groups is 2. The number of methoxy groups -OCH3 is 2. The second kappa shape index (κ2) is 11.1. The second-order valence-electron chi connectivity index (χ2n) is 7.75. The fraction of sp³-hybridized carbons (Fsp3) is 0.111. The number of hydrogen-bond donors (Lipinski definition) is 1. The highest BCUT2D eigenvalue weighted by Crippen LogP contribution is 2.36. The molecule has 1 saturated heterocycles. The van der Waals surface area contributed by atoms with Crippen LogP contribution in [-0.2, 0) is 16.2 Å². The zero-order chi connectivity index (χ0) is 26.5. The predicted octanol–water partition coefficient (Wildman–Crippen LogP) is 4.43. The molecule has 4 rings (SSSR count). The molecule has 0 unspecified atom stereocenters. The van der Waals surface area contributed by atoms with Gasteiger partial charge >= 0.3 is 6.03 Å². The zero-order valence-electron chi connectivity index (χ0n) is 19.8. The van der Waals surface area contributed by atoms with E-state index in [2.05, 4.69) is 34.0 Å². The summed E-state index contributed by atoms with van der Waals surface area (Å²) in [5.74, 6) is -0.184. The van der Waals surface area contributed by atoms with Crippen molar-refractivity contribution >= 4 is 52.2 Å². The minimum Gasteiger partial charge on any atom is -0.497 e. The number of halogens is 1. The summed E-state index contributed by atoms with van der Waals surface area (Å²) in [6.07, 6.45) is 1.39. The molecule has 1 N–H and O–H groups in total. The van der Waals surface area contributed by atoms with Crippen LogP contribution >= 0.6 is 22.6 Å². The second-order valence-corrected chi connectivity index (χ2v) is 8.91. The van der Waals surface area contributed by atoms with Crippen LogP contribution in [0.5, 0.6) is 17.2 Å². The number of anilines is 1. The minimum atomic E-state index is -0.842. The summed E-state index contributed by atoms with van der Waals surface area (Å²) >= 11 is 2.06. The Morgan fingerprint density at radius 1 is 1.03 bits per heavy atom. The van der Waals surface area contributed by atoms with E-state index in [0.717, 1.165) is 10.5 Å². The molecule has 0 aromatic heterocycles. The molecule has 0 aliphatic carbocycles. The number of urea groups is 1. The highest BCUT2D eigenvalue weighted by Gasteiger charge is 2.37. The molecule has 186 valence electrons. The van der Waals surface area contributed by atoms with Crippen LogP contribution in [0.1, 0.15) is 16.7 Å². The van der Waals surface area contributed by atoms with Gasteiger partial charge in [-0.2, -0.15) is 5.26 Å². The lowest BCUT2D eigenvalue weighted by Gasteiger charge is -2.26. The number of nitrogens with zero attached hydrogens (tertiary/aromatic N) is 2. The van der Waals surface area contributed by atoms with Gasteiger partial charge in [-0.15, -0.1) is 0 Å². The average molecular weight is 609 g/mol. The van der Waals surface area contributed by atoms with Gasteiger partial charge in [0, 0.05) is 5.56 Å². The number of hydrogen-bond acceptors (Lipinski definition) is 7. The number of carbonyl (C=O) groups excluding carboxylic acids is 3. The highest BCUT2D eigenvalue weighted by molar-refractivity contribution is 14.1. The first kappa shape index (κ1) is 25.7. The Balaban J connectivity index is 1.64. The Hall–Kier alpha value is -4.37. The molecule has 1 heterocycles. The van der Waals surface area contributed by atoms with Crippen molar-refractivity contribution in [2.75, 3.05) is 19.1 Å². The van der Waals surface area contributed by atoms with Crippen LogP contribution in [0.2, 0.25) is 0 Å². The molecule has 1 fully saturated rings. The number of ether oxygens (including phenoxy) is 3. The van der Waals surface area contributed by atoms with Crippen LogP contribution in [-0.4, -0.2) is 32.1 Å². The Morgan fingerprint density at radius 2 is 1.76 bits per heavy atom. The van der Waals surface area contributed by atoms with E-state index in [-0.39, 0.29) is 17.9 Å². The molecular formula is C27H20IN3O6. The molecule has 10 heteroatoms. The predicted molar refractivity (Wildman–Crippen MR) is 143 cm³/mol. The summed E-state index contributed by atoms with van der Waals surface area (Å²) in [6, 6.07) is 18.1. The topological polar surface area (TPSA) is 118 Å². The lowest BCUT2D eigenvalue weighted by Crippen LogP contribution is -2.54. The monoisotopic (exact) mass is 609 g/mol. The van der Waals surface area contributed by atoms with Gasteiger partial charge in [-0.1, -0.05) is 18.2 Å². The van der Waals surface area contributed by atoms with Crippen LogP contribution in [0.25, 0.3) is 6.08 Å². The van der Waals surface area contributed by atoms with Crippen molar-refractivity contribution in [2.24, 2.45) is 0 Å². The van der Waals surface area contributed by atoms with E-state index in [1.54, 1.807) is 54.6 Å². The summed E-state index contributed by atoms with van der Waals surface area (Å²) in [5.41, 5.74) is 1.80. The molecule has 3 aromatic carbocycles. The molecular weight excluding hydrogens is 589 g/mol. The molecule has 0 radical (unpaired) electrons. The number of nitrogens with one attached hydrogen (secondary N) is 1. The van der Waals surface area contributed by atoms with Gasteiger partial charge in [0.1, 0.15) is 17.9 Å². The summed E-state index contributed by atoms with van der Waals surface area (Å²) in [6.45, 7) is 0.149. The SMILES string of the molecule is COc1ccc(N2C(=O)NC(=O)/C(=C\c3cc(I)c(OCc4ccccc4C#N)c(OC)c3)C2=O)cc1. The van der Waals surface area contributed by atoms with Crippen LogP contribution in [0.3, 0.4) is 0 Å². The van der Waals surface area contributed by atoms with E-state index in [1.165, 1.54) is 20.3 Å².